The zero-order chi connectivity index (χ0) is 10.1. The molecule has 0 spiro atoms. The molecule has 5 heteroatoms. The van der Waals surface area contributed by atoms with Gasteiger partial charge in [0.05, 0.1) is 5.69 Å². The Kier molecular flexibility index (Phi) is 2.43. The van der Waals surface area contributed by atoms with E-state index < -0.39 is 0 Å². The van der Waals surface area contributed by atoms with Crippen LogP contribution in [0.1, 0.15) is 0 Å². The summed E-state index contributed by atoms with van der Waals surface area (Å²) in [5, 5.41) is 2.35. The first kappa shape index (κ1) is 9.48. The van der Waals surface area contributed by atoms with Crippen molar-refractivity contribution in [1.82, 2.24) is 0 Å². The maximum atomic E-state index is 12.8. The molecule has 3 nitrogen and oxygen atoms in total. The number of carbonyl (C=O) groups is 1. The predicted molar refractivity (Wildman–Crippen MR) is 53.7 cm³/mol. The molecule has 1 aromatic rings. The van der Waals surface area contributed by atoms with Gasteiger partial charge >= 0.3 is 0 Å². The highest BCUT2D eigenvalue weighted by atomic mass is 32.2. The molecule has 1 aliphatic rings. The van der Waals surface area contributed by atoms with Gasteiger partial charge in [-0.15, -0.1) is 11.8 Å². The number of fused-ring (bicyclic) bond motifs is 1. The molecule has 0 saturated carbocycles. The molecule has 0 aliphatic carbocycles. The number of nitrogens with two attached hydrogens (primary N) is 1. The molecule has 14 heavy (non-hydrogen) atoms. The molecule has 1 atom stereocenters. The van der Waals surface area contributed by atoms with Crippen molar-refractivity contribution in [1.29, 1.82) is 0 Å². The van der Waals surface area contributed by atoms with Crippen LogP contribution < -0.4 is 11.1 Å². The number of amides is 1. The highest BCUT2D eigenvalue weighted by Crippen LogP contribution is 2.35. The number of nitrogens with one attached hydrogen (secondary N) is 1. The summed E-state index contributed by atoms with van der Waals surface area (Å²) in [6.07, 6.45) is 0. The monoisotopic (exact) mass is 212 g/mol. The van der Waals surface area contributed by atoms with E-state index in [9.17, 15) is 9.18 Å². The molecule has 1 amide bonds. The van der Waals surface area contributed by atoms with Crippen LogP contribution in [0.25, 0.3) is 0 Å². The number of anilines is 1. The molecule has 0 bridgehead atoms. The van der Waals surface area contributed by atoms with E-state index in [4.69, 9.17) is 5.73 Å². The van der Waals surface area contributed by atoms with Crippen LogP contribution in [0, 0.1) is 5.82 Å². The number of thioether (sulfide) groups is 1. The summed E-state index contributed by atoms with van der Waals surface area (Å²) >= 11 is 1.37. The zero-order valence-corrected chi connectivity index (χ0v) is 8.10. The topological polar surface area (TPSA) is 55.1 Å². The van der Waals surface area contributed by atoms with E-state index in [1.54, 1.807) is 6.07 Å². The Bertz CT molecular complexity index is 383. The van der Waals surface area contributed by atoms with Crippen molar-refractivity contribution in [3.63, 3.8) is 0 Å². The van der Waals surface area contributed by atoms with Gasteiger partial charge in [-0.05, 0) is 18.2 Å². The third-order valence-corrected chi connectivity index (χ3v) is 3.28. The summed E-state index contributed by atoms with van der Waals surface area (Å²) < 4.78 is 12.8. The van der Waals surface area contributed by atoms with Gasteiger partial charge in [0.25, 0.3) is 0 Å². The predicted octanol–water partition coefficient (Wildman–Crippen LogP) is 1.20. The van der Waals surface area contributed by atoms with Crippen molar-refractivity contribution < 1.29 is 9.18 Å². The molecule has 1 aliphatic heterocycles. The highest BCUT2D eigenvalue weighted by molar-refractivity contribution is 8.01. The van der Waals surface area contributed by atoms with Gasteiger partial charge in [-0.2, -0.15) is 0 Å². The second-order valence-electron chi connectivity index (χ2n) is 2.97. The van der Waals surface area contributed by atoms with E-state index in [0.29, 0.717) is 5.69 Å². The van der Waals surface area contributed by atoms with Crippen LogP contribution in [0.3, 0.4) is 0 Å². The number of halogens is 1. The highest BCUT2D eigenvalue weighted by Gasteiger charge is 2.25. The fraction of sp³-hybridized carbons (Fsp3) is 0.222. The van der Waals surface area contributed by atoms with E-state index >= 15 is 0 Å². The van der Waals surface area contributed by atoms with E-state index in [0.717, 1.165) is 4.90 Å². The van der Waals surface area contributed by atoms with Gasteiger partial charge in [0.1, 0.15) is 11.1 Å². The number of carbonyl (C=O) groups excluding carboxylic acids is 1. The van der Waals surface area contributed by atoms with Crippen molar-refractivity contribution in [3.8, 4) is 0 Å². The van der Waals surface area contributed by atoms with Crippen LogP contribution in [0.15, 0.2) is 23.1 Å². The summed E-state index contributed by atoms with van der Waals surface area (Å²) in [6.45, 7) is 0.285. The van der Waals surface area contributed by atoms with Gasteiger partial charge in [-0.25, -0.2) is 4.39 Å². The van der Waals surface area contributed by atoms with Gasteiger partial charge in [0, 0.05) is 11.4 Å². The smallest absolute Gasteiger partial charge is 0.239 e. The second-order valence-corrected chi connectivity index (χ2v) is 4.22. The maximum Gasteiger partial charge on any atom is 0.239 e. The van der Waals surface area contributed by atoms with Crippen molar-refractivity contribution in [2.75, 3.05) is 11.9 Å². The molecule has 3 N–H and O–H groups in total. The SMILES string of the molecule is NCC1Sc2ccc(F)cc2NC1=O. The molecular weight excluding hydrogens is 203 g/mol. The molecular formula is C9H9FN2OS. The molecule has 2 rings (SSSR count). The Morgan fingerprint density at radius 1 is 1.57 bits per heavy atom. The summed E-state index contributed by atoms with van der Waals surface area (Å²) in [4.78, 5) is 12.2. The number of benzene rings is 1. The molecule has 1 unspecified atom stereocenters. The fourth-order valence-electron chi connectivity index (χ4n) is 1.28. The van der Waals surface area contributed by atoms with Gasteiger partial charge in [-0.3, -0.25) is 4.79 Å². The Labute approximate surface area is 84.9 Å². The Balaban J connectivity index is 2.35. The number of hydrogen-bond donors (Lipinski definition) is 2. The Hall–Kier alpha value is -1.07. The lowest BCUT2D eigenvalue weighted by molar-refractivity contribution is -0.115. The minimum atomic E-state index is -0.351. The summed E-state index contributed by atoms with van der Waals surface area (Å²) in [7, 11) is 0. The first-order chi connectivity index (χ1) is 6.70. The number of hydrogen-bond acceptors (Lipinski definition) is 3. The van der Waals surface area contributed by atoms with Crippen LogP contribution in [0.2, 0.25) is 0 Å². The van der Waals surface area contributed by atoms with Crippen molar-refractivity contribution in [2.45, 2.75) is 10.1 Å². The van der Waals surface area contributed by atoms with Gasteiger partial charge < -0.3 is 11.1 Å². The van der Waals surface area contributed by atoms with Crippen LogP contribution in [-0.4, -0.2) is 17.7 Å². The maximum absolute atomic E-state index is 12.8. The first-order valence-electron chi connectivity index (χ1n) is 4.18. The van der Waals surface area contributed by atoms with Crippen molar-refractivity contribution in [2.24, 2.45) is 5.73 Å². The van der Waals surface area contributed by atoms with E-state index in [1.807, 2.05) is 0 Å². The molecule has 1 aromatic carbocycles. The second kappa shape index (κ2) is 3.59. The summed E-state index contributed by atoms with van der Waals surface area (Å²) in [5.41, 5.74) is 5.96. The number of rotatable bonds is 1. The average Bonchev–Trinajstić information content (AvgIpc) is 2.16. The van der Waals surface area contributed by atoms with Gasteiger partial charge in [-0.1, -0.05) is 0 Å². The van der Waals surface area contributed by atoms with Crippen LogP contribution in [-0.2, 0) is 4.79 Å². The Morgan fingerprint density at radius 2 is 2.36 bits per heavy atom. The van der Waals surface area contributed by atoms with Gasteiger partial charge in [0.15, 0.2) is 0 Å². The summed E-state index contributed by atoms with van der Waals surface area (Å²) in [5.74, 6) is -0.508. The van der Waals surface area contributed by atoms with Crippen LogP contribution >= 0.6 is 11.8 Å². The normalized spacial score (nSPS) is 20.1. The summed E-state index contributed by atoms with van der Waals surface area (Å²) in [6, 6.07) is 4.33. The van der Waals surface area contributed by atoms with Crippen molar-refractivity contribution >= 4 is 23.4 Å². The first-order valence-corrected chi connectivity index (χ1v) is 5.06. The van der Waals surface area contributed by atoms with Gasteiger partial charge in [0.2, 0.25) is 5.91 Å². The largest absolute Gasteiger partial charge is 0.329 e. The molecule has 0 aromatic heterocycles. The third-order valence-electron chi connectivity index (χ3n) is 1.98. The standard InChI is InChI=1S/C9H9FN2OS/c10-5-1-2-7-6(3-5)12-9(13)8(4-11)14-7/h1-3,8H,4,11H2,(H,12,13). The molecule has 0 fully saturated rings. The van der Waals surface area contributed by atoms with Crippen LogP contribution in [0.4, 0.5) is 10.1 Å². The minimum Gasteiger partial charge on any atom is -0.329 e. The lowest BCUT2D eigenvalue weighted by Gasteiger charge is -2.22. The van der Waals surface area contributed by atoms with Crippen LogP contribution in [0.5, 0.6) is 0 Å². The van der Waals surface area contributed by atoms with E-state index in [-0.39, 0.29) is 23.5 Å². The lowest BCUT2D eigenvalue weighted by Crippen LogP contribution is -2.34. The van der Waals surface area contributed by atoms with E-state index in [2.05, 4.69) is 5.32 Å². The third kappa shape index (κ3) is 1.60. The zero-order valence-electron chi connectivity index (χ0n) is 7.29. The molecule has 0 radical (unpaired) electrons. The molecule has 0 saturated heterocycles. The minimum absolute atomic E-state index is 0.157. The molecule has 1 heterocycles. The fourth-order valence-corrected chi connectivity index (χ4v) is 2.23. The molecule has 74 valence electrons. The average molecular weight is 212 g/mol. The van der Waals surface area contributed by atoms with Crippen molar-refractivity contribution in [3.05, 3.63) is 24.0 Å². The van der Waals surface area contributed by atoms with E-state index in [1.165, 1.54) is 23.9 Å². The lowest BCUT2D eigenvalue weighted by atomic mass is 10.3. The Morgan fingerprint density at radius 3 is 3.07 bits per heavy atom. The quantitative estimate of drug-likeness (QED) is 0.735.